The van der Waals surface area contributed by atoms with Crippen molar-refractivity contribution < 1.29 is 29.3 Å². The van der Waals surface area contributed by atoms with Gasteiger partial charge in [-0.05, 0) is 80.0 Å². The summed E-state index contributed by atoms with van der Waals surface area (Å²) in [6, 6.07) is 13.2. The van der Waals surface area contributed by atoms with Gasteiger partial charge in [-0.15, -0.1) is 24.8 Å². The SMILES string of the molecule is CCCCN1C(=O)[C@@H](C(O)C2CCCCC2)NC(=O)C12CCN(Cc1ccc(Oc3ccc(C(=O)O)cc3)cc1)CC2.Cl.Cl. The summed E-state index contributed by atoms with van der Waals surface area (Å²) in [5.74, 6) is 0.0741. The van der Waals surface area contributed by atoms with Crippen molar-refractivity contribution >= 4 is 42.6 Å². The number of carbonyl (C=O) groups is 3. The molecular weight excluding hydrogens is 605 g/mol. The van der Waals surface area contributed by atoms with Crippen LogP contribution in [0.25, 0.3) is 0 Å². The van der Waals surface area contributed by atoms with E-state index < -0.39 is 23.7 Å². The molecule has 0 aromatic heterocycles. The first-order valence-corrected chi connectivity index (χ1v) is 15.4. The van der Waals surface area contributed by atoms with E-state index in [9.17, 15) is 19.5 Å². The number of carboxylic acid groups (broad SMARTS) is 1. The minimum atomic E-state index is -0.975. The van der Waals surface area contributed by atoms with Gasteiger partial charge in [0.25, 0.3) is 0 Å². The Morgan fingerprint density at radius 3 is 2.14 bits per heavy atom. The van der Waals surface area contributed by atoms with Gasteiger partial charge in [0, 0.05) is 26.2 Å². The molecule has 44 heavy (non-hydrogen) atoms. The molecule has 2 amide bonds. The molecule has 5 rings (SSSR count). The van der Waals surface area contributed by atoms with E-state index in [1.165, 1.54) is 18.6 Å². The predicted molar refractivity (Wildman–Crippen MR) is 173 cm³/mol. The molecule has 2 heterocycles. The van der Waals surface area contributed by atoms with Crippen LogP contribution in [0.4, 0.5) is 0 Å². The highest BCUT2D eigenvalue weighted by atomic mass is 35.5. The summed E-state index contributed by atoms with van der Waals surface area (Å²) in [4.78, 5) is 42.7. The number of likely N-dealkylation sites (tertiary alicyclic amines) is 1. The van der Waals surface area contributed by atoms with Crippen molar-refractivity contribution in [2.75, 3.05) is 19.6 Å². The summed E-state index contributed by atoms with van der Waals surface area (Å²) < 4.78 is 5.86. The number of carboxylic acids is 1. The van der Waals surface area contributed by atoms with Crippen molar-refractivity contribution in [2.45, 2.75) is 88.9 Å². The van der Waals surface area contributed by atoms with E-state index in [4.69, 9.17) is 9.84 Å². The van der Waals surface area contributed by atoms with Crippen molar-refractivity contribution in [3.63, 3.8) is 0 Å². The molecule has 2 aliphatic heterocycles. The molecule has 11 heteroatoms. The third kappa shape index (κ3) is 7.86. The maximum Gasteiger partial charge on any atom is 0.335 e. The van der Waals surface area contributed by atoms with Gasteiger partial charge in [0.15, 0.2) is 0 Å². The van der Waals surface area contributed by atoms with Crippen molar-refractivity contribution in [1.82, 2.24) is 15.1 Å². The number of ether oxygens (including phenoxy) is 1. The standard InChI is InChI=1S/C33H43N3O6.2ClH/c1-2-3-19-36-30(38)28(29(37)24-7-5-4-6-8-24)34-32(41)33(36)17-20-35(21-18-33)22-23-9-13-26(14-10-23)42-27-15-11-25(12-16-27)31(39)40;;/h9-16,24,28-29,37H,2-8,17-22H2,1H3,(H,34,41)(H,39,40);2*1H/t28-,29?;;/m1../s1. The summed E-state index contributed by atoms with van der Waals surface area (Å²) >= 11 is 0. The minimum Gasteiger partial charge on any atom is -0.478 e. The van der Waals surface area contributed by atoms with Crippen LogP contribution in [0.3, 0.4) is 0 Å². The van der Waals surface area contributed by atoms with Gasteiger partial charge in [-0.2, -0.15) is 0 Å². The monoisotopic (exact) mass is 649 g/mol. The Morgan fingerprint density at radius 2 is 1.57 bits per heavy atom. The highest BCUT2D eigenvalue weighted by Gasteiger charge is 2.55. The van der Waals surface area contributed by atoms with E-state index in [2.05, 4.69) is 17.1 Å². The first-order valence-electron chi connectivity index (χ1n) is 15.4. The molecule has 2 aromatic carbocycles. The Morgan fingerprint density at radius 1 is 0.977 bits per heavy atom. The van der Waals surface area contributed by atoms with Crippen molar-refractivity contribution in [1.29, 1.82) is 0 Å². The van der Waals surface area contributed by atoms with Gasteiger partial charge in [0.2, 0.25) is 11.8 Å². The number of piperidine rings is 1. The first kappa shape index (κ1) is 35.6. The van der Waals surface area contributed by atoms with Gasteiger partial charge < -0.3 is 25.2 Å². The number of halogens is 2. The molecule has 2 atom stereocenters. The summed E-state index contributed by atoms with van der Waals surface area (Å²) in [6.07, 6.45) is 7.15. The summed E-state index contributed by atoms with van der Waals surface area (Å²) in [6.45, 7) is 4.72. The van der Waals surface area contributed by atoms with Gasteiger partial charge in [-0.25, -0.2) is 4.79 Å². The first-order chi connectivity index (χ1) is 20.3. The summed E-state index contributed by atoms with van der Waals surface area (Å²) in [5, 5.41) is 23.2. The van der Waals surface area contributed by atoms with Gasteiger partial charge in [-0.3, -0.25) is 14.5 Å². The number of hydrogen-bond acceptors (Lipinski definition) is 6. The lowest BCUT2D eigenvalue weighted by Gasteiger charge is -2.52. The van der Waals surface area contributed by atoms with E-state index in [-0.39, 0.29) is 48.1 Å². The third-order valence-corrected chi connectivity index (χ3v) is 9.32. The largest absolute Gasteiger partial charge is 0.478 e. The maximum absolute atomic E-state index is 13.8. The number of nitrogens with zero attached hydrogens (tertiary/aromatic N) is 2. The van der Waals surface area contributed by atoms with Gasteiger partial charge in [0.1, 0.15) is 23.1 Å². The van der Waals surface area contributed by atoms with E-state index in [0.29, 0.717) is 44.0 Å². The Hall–Kier alpha value is -2.85. The molecule has 1 saturated carbocycles. The number of nitrogens with one attached hydrogen (secondary N) is 1. The number of amides is 2. The maximum atomic E-state index is 13.8. The number of carbonyl (C=O) groups excluding carboxylic acids is 2. The Kier molecular flexibility index (Phi) is 12.9. The van der Waals surface area contributed by atoms with Crippen molar-refractivity contribution in [3.05, 3.63) is 59.7 Å². The lowest BCUT2D eigenvalue weighted by molar-refractivity contribution is -0.166. The van der Waals surface area contributed by atoms with Crippen LogP contribution in [0.5, 0.6) is 11.5 Å². The second-order valence-corrected chi connectivity index (χ2v) is 12.1. The molecule has 1 aliphatic carbocycles. The fourth-order valence-corrected chi connectivity index (χ4v) is 6.76. The molecule has 242 valence electrons. The molecule has 0 radical (unpaired) electrons. The van der Waals surface area contributed by atoms with Gasteiger partial charge in [-0.1, -0.05) is 44.7 Å². The van der Waals surface area contributed by atoms with Crippen LogP contribution in [0, 0.1) is 5.92 Å². The quantitative estimate of drug-likeness (QED) is 0.314. The fraction of sp³-hybridized carbons (Fsp3) is 0.545. The van der Waals surface area contributed by atoms with Crippen LogP contribution in [0.15, 0.2) is 48.5 Å². The zero-order valence-corrected chi connectivity index (χ0v) is 26.9. The Labute approximate surface area is 272 Å². The zero-order valence-electron chi connectivity index (χ0n) is 25.3. The lowest BCUT2D eigenvalue weighted by Crippen LogP contribution is -2.75. The van der Waals surface area contributed by atoms with Crippen LogP contribution < -0.4 is 10.1 Å². The van der Waals surface area contributed by atoms with Crippen LogP contribution >= 0.6 is 24.8 Å². The van der Waals surface area contributed by atoms with E-state index in [1.807, 2.05) is 29.2 Å². The van der Waals surface area contributed by atoms with E-state index in [1.54, 1.807) is 12.1 Å². The van der Waals surface area contributed by atoms with Crippen molar-refractivity contribution in [2.24, 2.45) is 5.92 Å². The molecule has 0 bridgehead atoms. The molecule has 2 saturated heterocycles. The number of aliphatic hydroxyl groups excluding tert-OH is 1. The topological polar surface area (TPSA) is 119 Å². The second kappa shape index (κ2) is 15.9. The average molecular weight is 651 g/mol. The van der Waals surface area contributed by atoms with Crippen LogP contribution in [0.1, 0.15) is 80.6 Å². The molecular formula is C33H45Cl2N3O6. The average Bonchev–Trinajstić information content (AvgIpc) is 3.01. The number of aromatic carboxylic acids is 1. The van der Waals surface area contributed by atoms with Gasteiger partial charge >= 0.3 is 5.97 Å². The summed E-state index contributed by atoms with van der Waals surface area (Å²) in [7, 11) is 0. The zero-order chi connectivity index (χ0) is 29.7. The Bertz CT molecular complexity index is 1250. The normalized spacial score (nSPS) is 21.1. The number of unbranched alkanes of at least 4 members (excludes halogenated alkanes) is 1. The Balaban J connectivity index is 0.00000264. The molecule has 9 nitrogen and oxygen atoms in total. The molecule has 2 aromatic rings. The molecule has 3 fully saturated rings. The number of benzene rings is 2. The molecule has 1 unspecified atom stereocenters. The number of aliphatic hydroxyl groups is 1. The van der Waals surface area contributed by atoms with Gasteiger partial charge in [0.05, 0.1) is 11.7 Å². The van der Waals surface area contributed by atoms with Crippen molar-refractivity contribution in [3.8, 4) is 11.5 Å². The summed E-state index contributed by atoms with van der Waals surface area (Å²) in [5.41, 5.74) is 0.461. The lowest BCUT2D eigenvalue weighted by atomic mass is 9.78. The van der Waals surface area contributed by atoms with E-state index in [0.717, 1.165) is 50.6 Å². The molecule has 1 spiro atoms. The number of rotatable bonds is 10. The molecule has 3 N–H and O–H groups in total. The fourth-order valence-electron chi connectivity index (χ4n) is 6.76. The highest BCUT2D eigenvalue weighted by Crippen LogP contribution is 2.36. The smallest absolute Gasteiger partial charge is 0.335 e. The number of hydrogen-bond donors (Lipinski definition) is 3. The van der Waals surface area contributed by atoms with E-state index >= 15 is 0 Å². The van der Waals surface area contributed by atoms with Crippen LogP contribution in [-0.2, 0) is 16.1 Å². The third-order valence-electron chi connectivity index (χ3n) is 9.32. The highest BCUT2D eigenvalue weighted by molar-refractivity contribution is 6.00. The minimum absolute atomic E-state index is 0. The van der Waals surface area contributed by atoms with Crippen LogP contribution in [0.2, 0.25) is 0 Å². The number of piperazine rings is 1. The second-order valence-electron chi connectivity index (χ2n) is 12.1. The predicted octanol–water partition coefficient (Wildman–Crippen LogP) is 5.42. The van der Waals surface area contributed by atoms with Crippen LogP contribution in [-0.4, -0.2) is 75.1 Å². The molecule has 3 aliphatic rings.